The van der Waals surface area contributed by atoms with Crippen molar-refractivity contribution in [1.82, 2.24) is 4.98 Å². The highest BCUT2D eigenvalue weighted by Gasteiger charge is 2.23. The minimum absolute atomic E-state index is 0.107. The molecule has 5 nitrogen and oxygen atoms in total. The van der Waals surface area contributed by atoms with E-state index in [1.54, 1.807) is 43.6 Å². The molecule has 0 saturated heterocycles. The summed E-state index contributed by atoms with van der Waals surface area (Å²) in [5.41, 5.74) is 8.87. The van der Waals surface area contributed by atoms with Crippen LogP contribution in [0.15, 0.2) is 53.3 Å². The molecule has 4 aromatic rings. The molecule has 152 valence electrons. The van der Waals surface area contributed by atoms with Crippen LogP contribution in [0.5, 0.6) is 5.75 Å². The molecule has 0 saturated carbocycles. The quantitative estimate of drug-likeness (QED) is 0.281. The van der Waals surface area contributed by atoms with Gasteiger partial charge in [0.1, 0.15) is 18.2 Å². The Balaban J connectivity index is 1.76. The fourth-order valence-corrected chi connectivity index (χ4v) is 3.89. The smallest absolute Gasteiger partial charge is 0.205 e. The normalized spacial score (nSPS) is 12.1. The van der Waals surface area contributed by atoms with Crippen molar-refractivity contribution in [2.24, 2.45) is 0 Å². The summed E-state index contributed by atoms with van der Waals surface area (Å²) >= 11 is 12.3. The number of nitrogens with two attached hydrogens (primary N) is 1. The number of rotatable bonds is 5. The maximum absolute atomic E-state index is 13.9. The van der Waals surface area contributed by atoms with Gasteiger partial charge in [-0.1, -0.05) is 47.5 Å². The lowest BCUT2D eigenvalue weighted by molar-refractivity contribution is 0.112. The van der Waals surface area contributed by atoms with E-state index in [-0.39, 0.29) is 21.6 Å². The highest BCUT2D eigenvalue weighted by Crippen LogP contribution is 2.41. The summed E-state index contributed by atoms with van der Waals surface area (Å²) in [5, 5.41) is 0.814. The SMILES string of the molecule is CC(Oc1c(N)ncc2c(-c3ccc(C=O)cc3)coc12)c1c(Cl)ccc(F)c1Cl. The van der Waals surface area contributed by atoms with Gasteiger partial charge in [0.15, 0.2) is 11.4 Å². The van der Waals surface area contributed by atoms with Crippen molar-refractivity contribution in [1.29, 1.82) is 0 Å². The van der Waals surface area contributed by atoms with Crippen LogP contribution in [-0.2, 0) is 0 Å². The number of hydrogen-bond donors (Lipinski definition) is 1. The van der Waals surface area contributed by atoms with Crippen LogP contribution in [0.25, 0.3) is 22.1 Å². The van der Waals surface area contributed by atoms with Gasteiger partial charge in [0.2, 0.25) is 5.75 Å². The lowest BCUT2D eigenvalue weighted by Crippen LogP contribution is -2.08. The van der Waals surface area contributed by atoms with E-state index in [1.807, 2.05) is 0 Å². The third-order valence-corrected chi connectivity index (χ3v) is 5.45. The molecule has 1 unspecified atom stereocenters. The number of ether oxygens (including phenoxy) is 1. The van der Waals surface area contributed by atoms with Gasteiger partial charge in [-0.05, 0) is 24.6 Å². The van der Waals surface area contributed by atoms with Crippen LogP contribution in [0.3, 0.4) is 0 Å². The summed E-state index contributed by atoms with van der Waals surface area (Å²) in [6.45, 7) is 1.67. The first-order chi connectivity index (χ1) is 14.4. The predicted molar refractivity (Wildman–Crippen MR) is 115 cm³/mol. The van der Waals surface area contributed by atoms with E-state index in [0.717, 1.165) is 17.4 Å². The summed E-state index contributed by atoms with van der Waals surface area (Å²) < 4.78 is 25.6. The van der Waals surface area contributed by atoms with E-state index >= 15 is 0 Å². The van der Waals surface area contributed by atoms with Gasteiger partial charge < -0.3 is 14.9 Å². The average Bonchev–Trinajstić information content (AvgIpc) is 3.17. The summed E-state index contributed by atoms with van der Waals surface area (Å²) in [5.74, 6) is -0.294. The number of benzene rings is 2. The van der Waals surface area contributed by atoms with E-state index in [2.05, 4.69) is 4.98 Å². The van der Waals surface area contributed by atoms with Crippen molar-refractivity contribution < 1.29 is 18.3 Å². The number of carbonyl (C=O) groups is 1. The molecule has 0 fully saturated rings. The Kier molecular flexibility index (Phi) is 5.37. The monoisotopic (exact) mass is 444 g/mol. The van der Waals surface area contributed by atoms with Gasteiger partial charge in [0.05, 0.1) is 16.7 Å². The number of fused-ring (bicyclic) bond motifs is 1. The molecule has 0 aliphatic rings. The number of furan rings is 1. The van der Waals surface area contributed by atoms with Crippen molar-refractivity contribution >= 4 is 46.3 Å². The molecule has 2 aromatic heterocycles. The second-order valence-corrected chi connectivity index (χ2v) is 7.41. The first kappa shape index (κ1) is 20.2. The Morgan fingerprint density at radius 1 is 1.20 bits per heavy atom. The first-order valence-electron chi connectivity index (χ1n) is 8.92. The largest absolute Gasteiger partial charge is 0.478 e. The zero-order valence-electron chi connectivity index (χ0n) is 15.7. The van der Waals surface area contributed by atoms with Crippen molar-refractivity contribution in [2.45, 2.75) is 13.0 Å². The standard InChI is InChI=1S/C22H15Cl2FN2O3/c1-11(18-16(23)6-7-17(25)19(18)24)30-21-20-14(8-27-22(21)26)15(10-29-20)13-4-2-12(9-28)3-5-13/h2-11H,1H3,(H2,26,27). The van der Waals surface area contributed by atoms with Crippen LogP contribution in [0, 0.1) is 5.82 Å². The molecule has 0 amide bonds. The van der Waals surface area contributed by atoms with Gasteiger partial charge in [0.25, 0.3) is 0 Å². The predicted octanol–water partition coefficient (Wildman–Crippen LogP) is 6.48. The molecule has 2 heterocycles. The fourth-order valence-electron chi connectivity index (χ4n) is 3.21. The highest BCUT2D eigenvalue weighted by molar-refractivity contribution is 6.36. The molecular formula is C22H15Cl2FN2O3. The summed E-state index contributed by atoms with van der Waals surface area (Å²) in [7, 11) is 0. The number of nitrogens with zero attached hydrogens (tertiary/aromatic N) is 1. The van der Waals surface area contributed by atoms with Gasteiger partial charge in [-0.25, -0.2) is 9.37 Å². The van der Waals surface area contributed by atoms with Gasteiger partial charge >= 0.3 is 0 Å². The van der Waals surface area contributed by atoms with Crippen LogP contribution in [-0.4, -0.2) is 11.3 Å². The van der Waals surface area contributed by atoms with Crippen molar-refractivity contribution in [3.8, 4) is 16.9 Å². The Morgan fingerprint density at radius 2 is 1.93 bits per heavy atom. The van der Waals surface area contributed by atoms with E-state index in [4.69, 9.17) is 38.1 Å². The molecule has 4 rings (SSSR count). The minimum Gasteiger partial charge on any atom is -0.478 e. The Hall–Kier alpha value is -3.09. The van der Waals surface area contributed by atoms with E-state index in [1.165, 1.54) is 12.1 Å². The molecule has 0 bridgehead atoms. The van der Waals surface area contributed by atoms with Crippen LogP contribution in [0.1, 0.15) is 28.9 Å². The van der Waals surface area contributed by atoms with Crippen LogP contribution in [0.4, 0.5) is 10.2 Å². The second kappa shape index (κ2) is 7.97. The maximum atomic E-state index is 13.9. The number of anilines is 1. The third kappa shape index (κ3) is 3.49. The number of hydrogen-bond acceptors (Lipinski definition) is 5. The first-order valence-corrected chi connectivity index (χ1v) is 9.67. The van der Waals surface area contributed by atoms with Crippen LogP contribution in [0.2, 0.25) is 10.0 Å². The van der Waals surface area contributed by atoms with Gasteiger partial charge in [-0.2, -0.15) is 0 Å². The van der Waals surface area contributed by atoms with Gasteiger partial charge in [-0.3, -0.25) is 4.79 Å². The number of pyridine rings is 1. The van der Waals surface area contributed by atoms with Crippen LogP contribution < -0.4 is 10.5 Å². The molecule has 0 aliphatic heterocycles. The Bertz CT molecular complexity index is 1260. The number of aldehydes is 1. The average molecular weight is 445 g/mol. The molecule has 0 aliphatic carbocycles. The number of aromatic nitrogens is 1. The molecule has 0 radical (unpaired) electrons. The van der Waals surface area contributed by atoms with Crippen molar-refractivity contribution in [2.75, 3.05) is 5.73 Å². The third-order valence-electron chi connectivity index (χ3n) is 4.74. The molecule has 8 heteroatoms. The van der Waals surface area contributed by atoms with E-state index in [9.17, 15) is 9.18 Å². The van der Waals surface area contributed by atoms with E-state index in [0.29, 0.717) is 22.1 Å². The molecule has 30 heavy (non-hydrogen) atoms. The number of nitrogen functional groups attached to an aromatic ring is 1. The van der Waals surface area contributed by atoms with Crippen molar-refractivity contribution in [3.63, 3.8) is 0 Å². The molecule has 0 spiro atoms. The lowest BCUT2D eigenvalue weighted by Gasteiger charge is -2.18. The topological polar surface area (TPSA) is 78.4 Å². The second-order valence-electron chi connectivity index (χ2n) is 6.62. The summed E-state index contributed by atoms with van der Waals surface area (Å²) in [4.78, 5) is 15.1. The van der Waals surface area contributed by atoms with Crippen molar-refractivity contribution in [3.05, 3.63) is 75.8 Å². The van der Waals surface area contributed by atoms with Gasteiger partial charge in [-0.15, -0.1) is 0 Å². The Morgan fingerprint density at radius 3 is 2.63 bits per heavy atom. The number of halogens is 3. The molecule has 1 atom stereocenters. The Labute approximate surface area is 181 Å². The summed E-state index contributed by atoms with van der Waals surface area (Å²) in [6, 6.07) is 9.62. The highest BCUT2D eigenvalue weighted by atomic mass is 35.5. The zero-order chi connectivity index (χ0) is 21.4. The minimum atomic E-state index is -0.726. The lowest BCUT2D eigenvalue weighted by atomic mass is 10.0. The van der Waals surface area contributed by atoms with E-state index < -0.39 is 11.9 Å². The number of carbonyl (C=O) groups excluding carboxylic acids is 1. The summed E-state index contributed by atoms with van der Waals surface area (Å²) in [6.07, 6.45) is 3.18. The fraction of sp³-hybridized carbons (Fsp3) is 0.0909. The van der Waals surface area contributed by atoms with Gasteiger partial charge in [0, 0.05) is 27.9 Å². The maximum Gasteiger partial charge on any atom is 0.205 e. The van der Waals surface area contributed by atoms with Crippen LogP contribution >= 0.6 is 23.2 Å². The molecular weight excluding hydrogens is 430 g/mol. The molecule has 2 N–H and O–H groups in total. The molecule has 2 aromatic carbocycles. The zero-order valence-corrected chi connectivity index (χ0v) is 17.2.